The van der Waals surface area contributed by atoms with E-state index in [0.29, 0.717) is 0 Å². The van der Waals surface area contributed by atoms with E-state index in [1.54, 1.807) is 22.7 Å². The molecule has 2 aromatic heterocycles. The second-order valence-electron chi connectivity index (χ2n) is 3.07. The Labute approximate surface area is 99.7 Å². The molecule has 0 aliphatic heterocycles. The molecule has 0 spiro atoms. The van der Waals surface area contributed by atoms with Gasteiger partial charge in [0.25, 0.3) is 0 Å². The topological polar surface area (TPSA) is 26.0 Å². The smallest absolute Gasteiger partial charge is 0.0363 e. The van der Waals surface area contributed by atoms with Gasteiger partial charge < -0.3 is 5.73 Å². The molecule has 2 aromatic rings. The monoisotopic (exact) mass is 287 g/mol. The van der Waals surface area contributed by atoms with Gasteiger partial charge in [0.05, 0.1) is 0 Å². The van der Waals surface area contributed by atoms with Crippen LogP contribution in [0.5, 0.6) is 0 Å². The summed E-state index contributed by atoms with van der Waals surface area (Å²) in [5.74, 6) is 0. The van der Waals surface area contributed by atoms with Crippen molar-refractivity contribution in [2.24, 2.45) is 5.73 Å². The SMILES string of the molecule is NC(Cc1cccs1)c1cscc1Br. The lowest BCUT2D eigenvalue weighted by atomic mass is 10.1. The summed E-state index contributed by atoms with van der Waals surface area (Å²) >= 11 is 6.95. The summed E-state index contributed by atoms with van der Waals surface area (Å²) in [5.41, 5.74) is 7.33. The van der Waals surface area contributed by atoms with Crippen LogP contribution in [0.4, 0.5) is 0 Å². The molecule has 1 unspecified atom stereocenters. The molecule has 0 radical (unpaired) electrons. The van der Waals surface area contributed by atoms with Crippen molar-refractivity contribution in [2.45, 2.75) is 12.5 Å². The van der Waals surface area contributed by atoms with Gasteiger partial charge in [-0.3, -0.25) is 0 Å². The average molecular weight is 288 g/mol. The van der Waals surface area contributed by atoms with E-state index in [-0.39, 0.29) is 6.04 Å². The van der Waals surface area contributed by atoms with Crippen LogP contribution in [-0.4, -0.2) is 0 Å². The third-order valence-corrected chi connectivity index (χ3v) is 4.69. The second-order valence-corrected chi connectivity index (χ2v) is 5.70. The van der Waals surface area contributed by atoms with Crippen LogP contribution < -0.4 is 5.73 Å². The van der Waals surface area contributed by atoms with Gasteiger partial charge in [-0.1, -0.05) is 6.07 Å². The van der Waals surface area contributed by atoms with Crippen molar-refractivity contribution >= 4 is 38.6 Å². The van der Waals surface area contributed by atoms with Crippen molar-refractivity contribution in [1.29, 1.82) is 0 Å². The molecule has 0 aliphatic rings. The van der Waals surface area contributed by atoms with Crippen molar-refractivity contribution in [2.75, 3.05) is 0 Å². The third-order valence-electron chi connectivity index (χ3n) is 2.04. The van der Waals surface area contributed by atoms with Gasteiger partial charge in [-0.2, -0.15) is 11.3 Å². The van der Waals surface area contributed by atoms with Crippen LogP contribution in [0, 0.1) is 0 Å². The van der Waals surface area contributed by atoms with Crippen LogP contribution in [0.3, 0.4) is 0 Å². The molecule has 0 fully saturated rings. The minimum Gasteiger partial charge on any atom is -0.324 e. The van der Waals surface area contributed by atoms with Crippen molar-refractivity contribution in [3.05, 3.63) is 43.2 Å². The van der Waals surface area contributed by atoms with E-state index in [1.165, 1.54) is 10.4 Å². The first-order valence-corrected chi connectivity index (χ1v) is 6.88. The van der Waals surface area contributed by atoms with Crippen molar-refractivity contribution in [1.82, 2.24) is 0 Å². The summed E-state index contributed by atoms with van der Waals surface area (Å²) in [6.45, 7) is 0. The highest BCUT2D eigenvalue weighted by atomic mass is 79.9. The summed E-state index contributed by atoms with van der Waals surface area (Å²) in [6.07, 6.45) is 0.924. The Morgan fingerprint density at radius 2 is 2.29 bits per heavy atom. The standard InChI is InChI=1S/C10H10BrNS2/c11-9-6-13-5-8(9)10(12)4-7-2-1-3-14-7/h1-3,5-6,10H,4,12H2. The third kappa shape index (κ3) is 2.25. The number of thiophene rings is 2. The van der Waals surface area contributed by atoms with Crippen molar-refractivity contribution < 1.29 is 0 Å². The van der Waals surface area contributed by atoms with Crippen LogP contribution in [0.25, 0.3) is 0 Å². The zero-order valence-electron chi connectivity index (χ0n) is 7.44. The first-order valence-electron chi connectivity index (χ1n) is 4.27. The number of hydrogen-bond acceptors (Lipinski definition) is 3. The Morgan fingerprint density at radius 1 is 1.43 bits per heavy atom. The fraction of sp³-hybridized carbons (Fsp3) is 0.200. The molecule has 14 heavy (non-hydrogen) atoms. The molecular weight excluding hydrogens is 278 g/mol. The number of halogens is 1. The minimum atomic E-state index is 0.106. The predicted octanol–water partition coefficient (Wildman–Crippen LogP) is 3.81. The van der Waals surface area contributed by atoms with Crippen LogP contribution in [0.1, 0.15) is 16.5 Å². The van der Waals surface area contributed by atoms with Crippen LogP contribution in [0.15, 0.2) is 32.7 Å². The Hall–Kier alpha value is -0.160. The first kappa shape index (κ1) is 10.4. The zero-order chi connectivity index (χ0) is 9.97. The molecule has 0 saturated heterocycles. The highest BCUT2D eigenvalue weighted by Gasteiger charge is 2.11. The van der Waals surface area contributed by atoms with Gasteiger partial charge in [0.15, 0.2) is 0 Å². The van der Waals surface area contributed by atoms with E-state index in [9.17, 15) is 0 Å². The number of hydrogen-bond donors (Lipinski definition) is 1. The van der Waals surface area contributed by atoms with E-state index in [0.717, 1.165) is 10.9 Å². The number of rotatable bonds is 3. The molecule has 4 heteroatoms. The lowest BCUT2D eigenvalue weighted by Gasteiger charge is -2.08. The molecule has 2 N–H and O–H groups in total. The highest BCUT2D eigenvalue weighted by Crippen LogP contribution is 2.28. The molecule has 0 amide bonds. The Morgan fingerprint density at radius 3 is 2.86 bits per heavy atom. The second kappa shape index (κ2) is 4.57. The molecule has 0 bridgehead atoms. The van der Waals surface area contributed by atoms with Crippen LogP contribution >= 0.6 is 38.6 Å². The largest absolute Gasteiger partial charge is 0.324 e. The molecule has 0 aliphatic carbocycles. The normalized spacial score (nSPS) is 13.0. The van der Waals surface area contributed by atoms with Gasteiger partial charge in [-0.15, -0.1) is 11.3 Å². The molecule has 0 saturated carbocycles. The van der Waals surface area contributed by atoms with E-state index >= 15 is 0 Å². The molecular formula is C10H10BrNS2. The fourth-order valence-electron chi connectivity index (χ4n) is 1.31. The van der Waals surface area contributed by atoms with E-state index in [4.69, 9.17) is 5.73 Å². The highest BCUT2D eigenvalue weighted by molar-refractivity contribution is 9.10. The molecule has 1 nitrogen and oxygen atoms in total. The van der Waals surface area contributed by atoms with Gasteiger partial charge in [-0.25, -0.2) is 0 Å². The van der Waals surface area contributed by atoms with Gasteiger partial charge >= 0.3 is 0 Å². The van der Waals surface area contributed by atoms with E-state index < -0.39 is 0 Å². The van der Waals surface area contributed by atoms with Crippen LogP contribution in [0.2, 0.25) is 0 Å². The Bertz CT molecular complexity index is 394. The summed E-state index contributed by atoms with van der Waals surface area (Å²) in [5, 5.41) is 6.27. The predicted molar refractivity (Wildman–Crippen MR) is 67.0 cm³/mol. The van der Waals surface area contributed by atoms with E-state index in [1.807, 2.05) is 0 Å². The summed E-state index contributed by atoms with van der Waals surface area (Å²) in [6, 6.07) is 4.30. The molecule has 0 aromatic carbocycles. The molecule has 74 valence electrons. The van der Waals surface area contributed by atoms with Gasteiger partial charge in [0.2, 0.25) is 0 Å². The molecule has 2 heterocycles. The summed E-state index contributed by atoms with van der Waals surface area (Å²) < 4.78 is 1.13. The van der Waals surface area contributed by atoms with Crippen molar-refractivity contribution in [3.63, 3.8) is 0 Å². The lowest BCUT2D eigenvalue weighted by Crippen LogP contribution is -2.12. The molecule has 2 rings (SSSR count). The summed E-state index contributed by atoms with van der Waals surface area (Å²) in [7, 11) is 0. The molecule has 1 atom stereocenters. The van der Waals surface area contributed by atoms with E-state index in [2.05, 4.69) is 44.2 Å². The van der Waals surface area contributed by atoms with Crippen molar-refractivity contribution in [3.8, 4) is 0 Å². The maximum absolute atomic E-state index is 6.11. The average Bonchev–Trinajstić information content (AvgIpc) is 2.75. The summed E-state index contributed by atoms with van der Waals surface area (Å²) in [4.78, 5) is 1.34. The lowest BCUT2D eigenvalue weighted by molar-refractivity contribution is 0.730. The maximum Gasteiger partial charge on any atom is 0.0363 e. The minimum absolute atomic E-state index is 0.106. The Kier molecular flexibility index (Phi) is 3.38. The fourth-order valence-corrected chi connectivity index (χ4v) is 3.73. The Balaban J connectivity index is 2.10. The maximum atomic E-state index is 6.11. The van der Waals surface area contributed by atoms with Gasteiger partial charge in [-0.05, 0) is 38.3 Å². The zero-order valence-corrected chi connectivity index (χ0v) is 10.7. The number of nitrogens with two attached hydrogens (primary N) is 1. The quantitative estimate of drug-likeness (QED) is 0.913. The van der Waals surface area contributed by atoms with Gasteiger partial charge in [0.1, 0.15) is 0 Å². The first-order chi connectivity index (χ1) is 6.77. The van der Waals surface area contributed by atoms with Gasteiger partial charge in [0, 0.05) is 27.2 Å². The van der Waals surface area contributed by atoms with Crippen LogP contribution in [-0.2, 0) is 6.42 Å².